The molecule has 0 aromatic carbocycles. The maximum Gasteiger partial charge on any atom is 0.414 e. The molecule has 0 saturated carbocycles. The first-order chi connectivity index (χ1) is 12.7. The van der Waals surface area contributed by atoms with Gasteiger partial charge < -0.3 is 14.6 Å². The van der Waals surface area contributed by atoms with Crippen molar-refractivity contribution in [1.82, 2.24) is 9.36 Å². The van der Waals surface area contributed by atoms with Crippen molar-refractivity contribution in [2.45, 2.75) is 84.3 Å². The van der Waals surface area contributed by atoms with Gasteiger partial charge in [0.1, 0.15) is 11.5 Å². The quantitative estimate of drug-likeness (QED) is 0.452. The van der Waals surface area contributed by atoms with Gasteiger partial charge in [0.2, 0.25) is 5.13 Å². The maximum atomic E-state index is 12.3. The predicted octanol–water partition coefficient (Wildman–Crippen LogP) is 3.86. The van der Waals surface area contributed by atoms with Gasteiger partial charge in [-0.15, -0.1) is 0 Å². The van der Waals surface area contributed by atoms with Crippen molar-refractivity contribution >= 4 is 28.7 Å². The Labute approximate surface area is 164 Å². The van der Waals surface area contributed by atoms with E-state index in [4.69, 9.17) is 9.47 Å². The number of hydrogen-bond donors (Lipinski definition) is 2. The van der Waals surface area contributed by atoms with Crippen LogP contribution >= 0.6 is 11.5 Å². The van der Waals surface area contributed by atoms with Crippen LogP contribution in [0.5, 0.6) is 0 Å². The van der Waals surface area contributed by atoms with E-state index in [1.54, 1.807) is 27.7 Å². The van der Waals surface area contributed by atoms with E-state index in [0.717, 1.165) is 37.2 Å². The number of ether oxygens (including phenoxy) is 2. The number of carbonyl (C=O) groups is 2. The van der Waals surface area contributed by atoms with Crippen LogP contribution in [0.25, 0.3) is 0 Å². The largest absolute Gasteiger partial charge is 0.465 e. The van der Waals surface area contributed by atoms with E-state index in [9.17, 15) is 14.7 Å². The third-order valence-corrected chi connectivity index (χ3v) is 4.25. The molecule has 0 aliphatic carbocycles. The van der Waals surface area contributed by atoms with Gasteiger partial charge in [0.05, 0.1) is 12.7 Å². The highest BCUT2D eigenvalue weighted by Crippen LogP contribution is 2.26. The molecule has 2 atom stereocenters. The molecular weight excluding hydrogens is 370 g/mol. The van der Waals surface area contributed by atoms with E-state index in [2.05, 4.69) is 21.6 Å². The highest BCUT2D eigenvalue weighted by atomic mass is 32.1. The van der Waals surface area contributed by atoms with Gasteiger partial charge in [0.15, 0.2) is 5.82 Å². The van der Waals surface area contributed by atoms with Crippen molar-refractivity contribution in [3.63, 3.8) is 0 Å². The van der Waals surface area contributed by atoms with Crippen molar-refractivity contribution in [2.75, 3.05) is 11.9 Å². The number of hydrogen-bond acceptors (Lipinski definition) is 8. The van der Waals surface area contributed by atoms with Gasteiger partial charge in [0, 0.05) is 11.5 Å². The maximum absolute atomic E-state index is 12.3. The lowest BCUT2D eigenvalue weighted by Crippen LogP contribution is -2.29. The second-order valence-electron chi connectivity index (χ2n) is 7.23. The number of esters is 1. The number of aliphatic hydroxyl groups is 1. The number of aromatic nitrogens is 2. The Balaban J connectivity index is 2.82. The minimum atomic E-state index is -0.975. The van der Waals surface area contributed by atoms with E-state index >= 15 is 0 Å². The number of rotatable bonds is 10. The number of nitrogens with one attached hydrogen (secondary N) is 1. The van der Waals surface area contributed by atoms with Crippen LogP contribution in [0.4, 0.5) is 9.93 Å². The van der Waals surface area contributed by atoms with Crippen LogP contribution in [0.1, 0.15) is 78.5 Å². The van der Waals surface area contributed by atoms with Crippen LogP contribution in [-0.2, 0) is 14.3 Å². The van der Waals surface area contributed by atoms with Crippen molar-refractivity contribution in [3.05, 3.63) is 5.82 Å². The molecule has 1 aromatic rings. The van der Waals surface area contributed by atoms with Crippen LogP contribution < -0.4 is 5.32 Å². The first-order valence-electron chi connectivity index (χ1n) is 9.36. The third kappa shape index (κ3) is 8.66. The minimum absolute atomic E-state index is 0.146. The van der Waals surface area contributed by atoms with Gasteiger partial charge in [-0.1, -0.05) is 32.6 Å². The Hall–Kier alpha value is -1.74. The Bertz CT molecular complexity index is 600. The first kappa shape index (κ1) is 23.3. The summed E-state index contributed by atoms with van der Waals surface area (Å²) < 4.78 is 14.4. The molecular formula is C18H31N3O5S. The second kappa shape index (κ2) is 11.2. The van der Waals surface area contributed by atoms with Crippen LogP contribution in [0.3, 0.4) is 0 Å². The summed E-state index contributed by atoms with van der Waals surface area (Å²) in [6.07, 6.45) is 2.82. The Kier molecular flexibility index (Phi) is 9.65. The number of amides is 1. The molecule has 1 aromatic heterocycles. The number of anilines is 1. The second-order valence-corrected chi connectivity index (χ2v) is 7.98. The first-order valence-corrected chi connectivity index (χ1v) is 10.1. The predicted molar refractivity (Wildman–Crippen MR) is 104 cm³/mol. The Morgan fingerprint density at radius 1 is 1.22 bits per heavy atom. The summed E-state index contributed by atoms with van der Waals surface area (Å²) in [5.74, 6) is -1.40. The molecule has 0 aliphatic heterocycles. The lowest BCUT2D eigenvalue weighted by Gasteiger charge is -2.19. The topological polar surface area (TPSA) is 111 Å². The molecule has 27 heavy (non-hydrogen) atoms. The number of carbonyl (C=O) groups excluding carboxylic acids is 2. The summed E-state index contributed by atoms with van der Waals surface area (Å²) in [5, 5.41) is 13.2. The normalized spacial score (nSPS) is 13.7. The summed E-state index contributed by atoms with van der Waals surface area (Å²) in [7, 11) is 0. The third-order valence-electron chi connectivity index (χ3n) is 3.61. The number of nitrogens with zero attached hydrogens (tertiary/aromatic N) is 2. The Morgan fingerprint density at radius 3 is 2.52 bits per heavy atom. The van der Waals surface area contributed by atoms with Gasteiger partial charge in [-0.25, -0.2) is 9.78 Å². The average Bonchev–Trinajstić information content (AvgIpc) is 2.98. The van der Waals surface area contributed by atoms with Gasteiger partial charge in [0.25, 0.3) is 0 Å². The molecule has 1 heterocycles. The highest BCUT2D eigenvalue weighted by molar-refractivity contribution is 7.09. The molecule has 0 radical (unpaired) electrons. The molecule has 0 aliphatic rings. The molecule has 8 nitrogen and oxygen atoms in total. The van der Waals surface area contributed by atoms with Crippen molar-refractivity contribution in [2.24, 2.45) is 0 Å². The molecule has 1 rings (SSSR count). The fourth-order valence-corrected chi connectivity index (χ4v) is 3.01. The highest BCUT2D eigenvalue weighted by Gasteiger charge is 2.33. The lowest BCUT2D eigenvalue weighted by molar-refractivity contribution is -0.148. The van der Waals surface area contributed by atoms with Crippen LogP contribution in [-0.4, -0.2) is 44.8 Å². The SMILES string of the molecule is CCCCCCC(O)C(C(=O)OCC)c1nsc(NC(=O)OC(C)(C)C)n1. The fraction of sp³-hybridized carbons (Fsp3) is 0.778. The molecule has 2 unspecified atom stereocenters. The van der Waals surface area contributed by atoms with E-state index < -0.39 is 29.7 Å². The van der Waals surface area contributed by atoms with Crippen molar-refractivity contribution in [1.29, 1.82) is 0 Å². The monoisotopic (exact) mass is 401 g/mol. The summed E-state index contributed by atoms with van der Waals surface area (Å²) in [6.45, 7) is 9.27. The van der Waals surface area contributed by atoms with Gasteiger partial charge >= 0.3 is 12.1 Å². The average molecular weight is 402 g/mol. The van der Waals surface area contributed by atoms with Crippen molar-refractivity contribution in [3.8, 4) is 0 Å². The molecule has 1 amide bonds. The molecule has 2 N–H and O–H groups in total. The van der Waals surface area contributed by atoms with E-state index in [1.807, 2.05) is 0 Å². The zero-order valence-electron chi connectivity index (χ0n) is 16.8. The zero-order chi connectivity index (χ0) is 20.4. The minimum Gasteiger partial charge on any atom is -0.465 e. The summed E-state index contributed by atoms with van der Waals surface area (Å²) in [6, 6.07) is 0. The van der Waals surface area contributed by atoms with Crippen molar-refractivity contribution < 1.29 is 24.2 Å². The molecule has 0 bridgehead atoms. The number of aliphatic hydroxyl groups excluding tert-OH is 1. The van der Waals surface area contributed by atoms with Gasteiger partial charge in [-0.3, -0.25) is 10.1 Å². The van der Waals surface area contributed by atoms with Crippen LogP contribution in [0.15, 0.2) is 0 Å². The van der Waals surface area contributed by atoms with Crippen LogP contribution in [0, 0.1) is 0 Å². The van der Waals surface area contributed by atoms with Gasteiger partial charge in [-0.2, -0.15) is 4.37 Å². The van der Waals surface area contributed by atoms with Gasteiger partial charge in [-0.05, 0) is 34.1 Å². The number of unbranched alkanes of at least 4 members (excludes halogenated alkanes) is 3. The smallest absolute Gasteiger partial charge is 0.414 e. The summed E-state index contributed by atoms with van der Waals surface area (Å²) in [4.78, 5) is 28.4. The molecule has 9 heteroatoms. The standard InChI is InChI=1S/C18H31N3O5S/c1-6-8-9-10-11-12(22)13(15(23)25-7-2)14-19-16(27-21-14)20-17(24)26-18(3,4)5/h12-13,22H,6-11H2,1-5H3,(H,19,20,21,24). The summed E-state index contributed by atoms with van der Waals surface area (Å²) in [5.41, 5.74) is -0.639. The molecule has 0 spiro atoms. The molecule has 0 saturated heterocycles. The van der Waals surface area contributed by atoms with E-state index in [0.29, 0.717) is 6.42 Å². The summed E-state index contributed by atoms with van der Waals surface area (Å²) >= 11 is 0.925. The Morgan fingerprint density at radius 2 is 1.93 bits per heavy atom. The van der Waals surface area contributed by atoms with E-state index in [-0.39, 0.29) is 17.6 Å². The molecule has 0 fully saturated rings. The molecule has 154 valence electrons. The van der Waals surface area contributed by atoms with Crippen LogP contribution in [0.2, 0.25) is 0 Å². The lowest BCUT2D eigenvalue weighted by atomic mass is 9.96. The zero-order valence-corrected chi connectivity index (χ0v) is 17.6. The van der Waals surface area contributed by atoms with E-state index in [1.165, 1.54) is 0 Å². The fourth-order valence-electron chi connectivity index (χ4n) is 2.42.